The molecule has 3 N–H and O–H groups in total. The van der Waals surface area contributed by atoms with Gasteiger partial charge >= 0.3 is 0 Å². The van der Waals surface area contributed by atoms with E-state index in [1.807, 2.05) is 23.6 Å². The fourth-order valence-corrected chi connectivity index (χ4v) is 4.87. The van der Waals surface area contributed by atoms with E-state index in [4.69, 9.17) is 20.8 Å². The molecular formula is C23H27N7S. The lowest BCUT2D eigenvalue weighted by Crippen LogP contribution is -2.33. The number of rotatable bonds is 6. The molecular weight excluding hydrogens is 406 g/mol. The molecule has 1 saturated heterocycles. The zero-order chi connectivity index (χ0) is 21.2. The fourth-order valence-electron chi connectivity index (χ4n) is 4.15. The molecule has 0 unspecified atom stereocenters. The number of thiophene rings is 1. The molecule has 4 heterocycles. The summed E-state index contributed by atoms with van der Waals surface area (Å²) in [6.07, 6.45) is 3.93. The van der Waals surface area contributed by atoms with Gasteiger partial charge in [-0.2, -0.15) is 4.98 Å². The van der Waals surface area contributed by atoms with Gasteiger partial charge in [0.1, 0.15) is 5.82 Å². The molecule has 3 aromatic heterocycles. The van der Waals surface area contributed by atoms with Crippen LogP contribution in [0.2, 0.25) is 0 Å². The van der Waals surface area contributed by atoms with Crippen LogP contribution < -0.4 is 11.1 Å². The standard InChI is InChI=1S/C23H27N7S/c1-16-7-5-8-17(15-16)30-21(24)19-20(18-9-6-14-31-18)26-23(27-22(19)28-30)25-10-13-29-11-3-2-4-12-29/h5-9,14-15H,2-4,10-13,24H2,1H3,(H,25,27,28). The number of hydrogen-bond donors (Lipinski definition) is 2. The molecule has 1 aliphatic heterocycles. The lowest BCUT2D eigenvalue weighted by molar-refractivity contribution is 0.237. The Labute approximate surface area is 185 Å². The fraction of sp³-hybridized carbons (Fsp3) is 0.348. The van der Waals surface area contributed by atoms with Crippen molar-refractivity contribution < 1.29 is 0 Å². The van der Waals surface area contributed by atoms with Crippen LogP contribution in [0.5, 0.6) is 0 Å². The lowest BCUT2D eigenvalue weighted by atomic mass is 10.1. The predicted octanol–water partition coefficient (Wildman–Crippen LogP) is 4.33. The summed E-state index contributed by atoms with van der Waals surface area (Å²) in [7, 11) is 0. The van der Waals surface area contributed by atoms with Crippen LogP contribution in [0.4, 0.5) is 11.8 Å². The van der Waals surface area contributed by atoms with Crippen molar-refractivity contribution in [2.75, 3.05) is 37.2 Å². The number of fused-ring (bicyclic) bond motifs is 1. The van der Waals surface area contributed by atoms with E-state index in [0.29, 0.717) is 17.4 Å². The van der Waals surface area contributed by atoms with Gasteiger partial charge in [0.15, 0.2) is 5.65 Å². The summed E-state index contributed by atoms with van der Waals surface area (Å²) < 4.78 is 1.76. The quantitative estimate of drug-likeness (QED) is 0.471. The molecule has 0 aliphatic carbocycles. The zero-order valence-corrected chi connectivity index (χ0v) is 18.5. The topological polar surface area (TPSA) is 84.9 Å². The number of nitrogens with two attached hydrogens (primary N) is 1. The van der Waals surface area contributed by atoms with Gasteiger partial charge in [0.2, 0.25) is 5.95 Å². The molecule has 31 heavy (non-hydrogen) atoms. The van der Waals surface area contributed by atoms with Gasteiger partial charge in [-0.05, 0) is 62.0 Å². The molecule has 0 saturated carbocycles. The third-order valence-corrected chi connectivity index (χ3v) is 6.61. The highest BCUT2D eigenvalue weighted by molar-refractivity contribution is 7.13. The summed E-state index contributed by atoms with van der Waals surface area (Å²) in [6, 6.07) is 12.2. The number of likely N-dealkylation sites (tertiary alicyclic amines) is 1. The number of hydrogen-bond acceptors (Lipinski definition) is 7. The van der Waals surface area contributed by atoms with Gasteiger partial charge in [-0.3, -0.25) is 0 Å². The van der Waals surface area contributed by atoms with Gasteiger partial charge in [-0.25, -0.2) is 9.67 Å². The molecule has 0 radical (unpaired) electrons. The van der Waals surface area contributed by atoms with Crippen molar-refractivity contribution in [3.63, 3.8) is 0 Å². The van der Waals surface area contributed by atoms with Crippen molar-refractivity contribution in [1.82, 2.24) is 24.6 Å². The van der Waals surface area contributed by atoms with Crippen LogP contribution in [0.15, 0.2) is 41.8 Å². The number of anilines is 2. The van der Waals surface area contributed by atoms with E-state index in [9.17, 15) is 0 Å². The molecule has 8 heteroatoms. The number of nitrogens with zero attached hydrogens (tertiary/aromatic N) is 5. The van der Waals surface area contributed by atoms with E-state index in [1.165, 1.54) is 32.4 Å². The van der Waals surface area contributed by atoms with Gasteiger partial charge in [-0.15, -0.1) is 16.4 Å². The monoisotopic (exact) mass is 433 g/mol. The van der Waals surface area contributed by atoms with Gasteiger partial charge < -0.3 is 16.0 Å². The van der Waals surface area contributed by atoms with Gasteiger partial charge in [0, 0.05) is 13.1 Å². The van der Waals surface area contributed by atoms with E-state index in [2.05, 4.69) is 35.3 Å². The third-order valence-electron chi connectivity index (χ3n) is 5.73. The summed E-state index contributed by atoms with van der Waals surface area (Å²) in [4.78, 5) is 13.1. The molecule has 0 spiro atoms. The van der Waals surface area contributed by atoms with Crippen molar-refractivity contribution in [1.29, 1.82) is 0 Å². The third kappa shape index (κ3) is 4.13. The van der Waals surface area contributed by atoms with E-state index in [0.717, 1.165) is 40.3 Å². The van der Waals surface area contributed by atoms with Crippen LogP contribution in [0, 0.1) is 6.92 Å². The van der Waals surface area contributed by atoms with Crippen LogP contribution in [-0.4, -0.2) is 50.8 Å². The minimum atomic E-state index is 0.559. The molecule has 5 rings (SSSR count). The minimum absolute atomic E-state index is 0.559. The summed E-state index contributed by atoms with van der Waals surface area (Å²) >= 11 is 1.64. The summed E-state index contributed by atoms with van der Waals surface area (Å²) in [6.45, 7) is 6.22. The predicted molar refractivity (Wildman–Crippen MR) is 128 cm³/mol. The molecule has 7 nitrogen and oxygen atoms in total. The SMILES string of the molecule is Cc1cccc(-n2nc3nc(NCCN4CCCCC4)nc(-c4cccs4)c3c2N)c1. The van der Waals surface area contributed by atoms with Crippen molar-refractivity contribution in [2.24, 2.45) is 0 Å². The van der Waals surface area contributed by atoms with Crippen molar-refractivity contribution in [2.45, 2.75) is 26.2 Å². The van der Waals surface area contributed by atoms with Crippen LogP contribution in [0.3, 0.4) is 0 Å². The number of nitrogen functional groups attached to an aromatic ring is 1. The number of benzene rings is 1. The average Bonchev–Trinajstić information content (AvgIpc) is 3.43. The number of nitrogens with one attached hydrogen (secondary N) is 1. The Morgan fingerprint density at radius 2 is 1.97 bits per heavy atom. The number of aryl methyl sites for hydroxylation is 1. The van der Waals surface area contributed by atoms with Gasteiger partial charge in [0.25, 0.3) is 0 Å². The Bertz CT molecular complexity index is 1180. The smallest absolute Gasteiger partial charge is 0.225 e. The second-order valence-electron chi connectivity index (χ2n) is 8.04. The highest BCUT2D eigenvalue weighted by Gasteiger charge is 2.20. The second kappa shape index (κ2) is 8.64. The first-order valence-electron chi connectivity index (χ1n) is 10.8. The molecule has 0 amide bonds. The maximum atomic E-state index is 6.57. The minimum Gasteiger partial charge on any atom is -0.383 e. The Morgan fingerprint density at radius 3 is 2.74 bits per heavy atom. The van der Waals surface area contributed by atoms with Crippen molar-refractivity contribution in [3.05, 3.63) is 47.3 Å². The molecule has 0 bridgehead atoms. The molecule has 1 aliphatic rings. The van der Waals surface area contributed by atoms with Gasteiger partial charge in [0.05, 0.1) is 21.6 Å². The molecule has 0 atom stereocenters. The molecule has 160 valence electrons. The summed E-state index contributed by atoms with van der Waals surface area (Å²) in [5, 5.41) is 11.0. The number of aromatic nitrogens is 4. The largest absolute Gasteiger partial charge is 0.383 e. The second-order valence-corrected chi connectivity index (χ2v) is 8.98. The van der Waals surface area contributed by atoms with Crippen LogP contribution in [-0.2, 0) is 0 Å². The van der Waals surface area contributed by atoms with Crippen molar-refractivity contribution >= 4 is 34.1 Å². The maximum Gasteiger partial charge on any atom is 0.225 e. The lowest BCUT2D eigenvalue weighted by Gasteiger charge is -2.26. The first-order chi connectivity index (χ1) is 15.2. The normalized spacial score (nSPS) is 14.9. The Kier molecular flexibility index (Phi) is 5.57. The van der Waals surface area contributed by atoms with Gasteiger partial charge in [-0.1, -0.05) is 24.6 Å². The Balaban J connectivity index is 1.51. The Morgan fingerprint density at radius 1 is 1.10 bits per heavy atom. The first-order valence-corrected chi connectivity index (χ1v) is 11.7. The van der Waals surface area contributed by atoms with Crippen molar-refractivity contribution in [3.8, 4) is 16.3 Å². The summed E-state index contributed by atoms with van der Waals surface area (Å²) in [5.41, 5.74) is 10.1. The molecule has 1 aromatic carbocycles. The van der Waals surface area contributed by atoms with Crippen LogP contribution >= 0.6 is 11.3 Å². The van der Waals surface area contributed by atoms with E-state index in [-0.39, 0.29) is 0 Å². The average molecular weight is 434 g/mol. The first kappa shape index (κ1) is 20.0. The summed E-state index contributed by atoms with van der Waals surface area (Å²) in [5.74, 6) is 1.16. The molecule has 4 aromatic rings. The maximum absolute atomic E-state index is 6.57. The highest BCUT2D eigenvalue weighted by atomic mass is 32.1. The van der Waals surface area contributed by atoms with E-state index in [1.54, 1.807) is 16.0 Å². The van der Waals surface area contributed by atoms with E-state index >= 15 is 0 Å². The van der Waals surface area contributed by atoms with Crippen LogP contribution in [0.25, 0.3) is 27.3 Å². The number of piperidine rings is 1. The Hall–Kier alpha value is -2.97. The van der Waals surface area contributed by atoms with E-state index < -0.39 is 0 Å². The highest BCUT2D eigenvalue weighted by Crippen LogP contribution is 2.34. The molecule has 1 fully saturated rings. The zero-order valence-electron chi connectivity index (χ0n) is 17.7. The van der Waals surface area contributed by atoms with Crippen LogP contribution in [0.1, 0.15) is 24.8 Å².